The second kappa shape index (κ2) is 7.40. The molecule has 1 aromatic rings. The standard InChI is InChI=1S/C14H21N3O3S/c1-10-8-15-12(21-10)9-16-14(20)17-7-3-2-4-11(17)5-6-13(18)19/h8,11H,2-7,9H2,1H3,(H,16,20)(H,18,19). The number of amides is 2. The average molecular weight is 311 g/mol. The molecule has 21 heavy (non-hydrogen) atoms. The first kappa shape index (κ1) is 15.8. The number of aryl methyl sites for hydroxylation is 1. The second-order valence-electron chi connectivity index (χ2n) is 5.30. The van der Waals surface area contributed by atoms with Crippen LogP contribution in [-0.4, -0.2) is 39.6 Å². The normalized spacial score (nSPS) is 18.5. The van der Waals surface area contributed by atoms with E-state index in [4.69, 9.17) is 5.11 Å². The minimum absolute atomic E-state index is 0.0351. The monoisotopic (exact) mass is 311 g/mol. The summed E-state index contributed by atoms with van der Waals surface area (Å²) in [5.74, 6) is -0.806. The molecule has 2 rings (SSSR count). The van der Waals surface area contributed by atoms with Gasteiger partial charge in [0.15, 0.2) is 0 Å². The highest BCUT2D eigenvalue weighted by atomic mass is 32.1. The number of nitrogens with zero attached hydrogens (tertiary/aromatic N) is 2. The number of carbonyl (C=O) groups excluding carboxylic acids is 1. The summed E-state index contributed by atoms with van der Waals surface area (Å²) in [5, 5.41) is 12.6. The number of hydrogen-bond donors (Lipinski definition) is 2. The first-order valence-electron chi connectivity index (χ1n) is 7.24. The number of nitrogens with one attached hydrogen (secondary N) is 1. The van der Waals surface area contributed by atoms with Crippen molar-refractivity contribution in [2.24, 2.45) is 0 Å². The van der Waals surface area contributed by atoms with Crippen molar-refractivity contribution in [1.29, 1.82) is 0 Å². The van der Waals surface area contributed by atoms with Gasteiger partial charge in [0.25, 0.3) is 0 Å². The smallest absolute Gasteiger partial charge is 0.317 e. The van der Waals surface area contributed by atoms with Crippen LogP contribution >= 0.6 is 11.3 Å². The zero-order valence-corrected chi connectivity index (χ0v) is 13.0. The van der Waals surface area contributed by atoms with Crippen LogP contribution in [-0.2, 0) is 11.3 Å². The highest BCUT2D eigenvalue weighted by molar-refractivity contribution is 7.11. The lowest BCUT2D eigenvalue weighted by Crippen LogP contribution is -2.48. The molecule has 0 spiro atoms. The number of rotatable bonds is 5. The summed E-state index contributed by atoms with van der Waals surface area (Å²) in [7, 11) is 0. The van der Waals surface area contributed by atoms with Crippen molar-refractivity contribution in [1.82, 2.24) is 15.2 Å². The molecule has 0 radical (unpaired) electrons. The Hall–Kier alpha value is -1.63. The number of aliphatic carboxylic acids is 1. The number of carboxylic acids is 1. The van der Waals surface area contributed by atoms with Crippen LogP contribution in [0.3, 0.4) is 0 Å². The molecule has 1 fully saturated rings. The molecular weight excluding hydrogens is 290 g/mol. The van der Waals surface area contributed by atoms with E-state index in [0.29, 0.717) is 19.5 Å². The van der Waals surface area contributed by atoms with Crippen LogP contribution in [0.5, 0.6) is 0 Å². The van der Waals surface area contributed by atoms with Crippen molar-refractivity contribution in [3.05, 3.63) is 16.1 Å². The summed E-state index contributed by atoms with van der Waals surface area (Å²) in [6.07, 6.45) is 5.35. The first-order chi connectivity index (χ1) is 10.1. The van der Waals surface area contributed by atoms with E-state index in [1.54, 1.807) is 22.4 Å². The Morgan fingerprint density at radius 2 is 2.33 bits per heavy atom. The number of aromatic nitrogens is 1. The summed E-state index contributed by atoms with van der Waals surface area (Å²) >= 11 is 1.57. The Bertz CT molecular complexity index is 503. The SMILES string of the molecule is Cc1cnc(CNC(=O)N2CCCCC2CCC(=O)O)s1. The predicted octanol–water partition coefficient (Wildman–Crippen LogP) is 2.38. The van der Waals surface area contributed by atoms with Gasteiger partial charge in [0, 0.05) is 30.1 Å². The molecule has 2 N–H and O–H groups in total. The van der Waals surface area contributed by atoms with Crippen LogP contribution in [0, 0.1) is 6.92 Å². The molecule has 6 nitrogen and oxygen atoms in total. The maximum Gasteiger partial charge on any atom is 0.317 e. The quantitative estimate of drug-likeness (QED) is 0.874. The van der Waals surface area contributed by atoms with Gasteiger partial charge >= 0.3 is 12.0 Å². The molecule has 7 heteroatoms. The molecule has 1 atom stereocenters. The molecule has 1 aliphatic heterocycles. The Balaban J connectivity index is 1.87. The molecule has 0 bridgehead atoms. The average Bonchev–Trinajstić information content (AvgIpc) is 2.88. The highest BCUT2D eigenvalue weighted by Crippen LogP contribution is 2.21. The van der Waals surface area contributed by atoms with Crippen molar-refractivity contribution in [3.63, 3.8) is 0 Å². The van der Waals surface area contributed by atoms with Gasteiger partial charge in [-0.05, 0) is 32.6 Å². The lowest BCUT2D eigenvalue weighted by Gasteiger charge is -2.35. The fourth-order valence-electron chi connectivity index (χ4n) is 2.59. The van der Waals surface area contributed by atoms with Gasteiger partial charge in [0.1, 0.15) is 5.01 Å². The molecular formula is C14H21N3O3S. The van der Waals surface area contributed by atoms with E-state index in [-0.39, 0.29) is 18.5 Å². The van der Waals surface area contributed by atoms with Gasteiger partial charge in [-0.1, -0.05) is 0 Å². The molecule has 1 unspecified atom stereocenters. The third kappa shape index (κ3) is 4.70. The van der Waals surface area contributed by atoms with Crippen LogP contribution in [0.2, 0.25) is 0 Å². The lowest BCUT2D eigenvalue weighted by molar-refractivity contribution is -0.137. The minimum Gasteiger partial charge on any atom is -0.481 e. The minimum atomic E-state index is -0.806. The fraction of sp³-hybridized carbons (Fsp3) is 0.643. The van der Waals surface area contributed by atoms with E-state index in [1.807, 2.05) is 6.92 Å². The number of urea groups is 1. The Labute approximate surface area is 128 Å². The summed E-state index contributed by atoms with van der Waals surface area (Å²) < 4.78 is 0. The third-order valence-corrected chi connectivity index (χ3v) is 4.55. The first-order valence-corrected chi connectivity index (χ1v) is 8.05. The number of carbonyl (C=O) groups is 2. The molecule has 1 aromatic heterocycles. The Morgan fingerprint density at radius 3 is 3.00 bits per heavy atom. The zero-order valence-electron chi connectivity index (χ0n) is 12.2. The molecule has 116 valence electrons. The summed E-state index contributed by atoms with van der Waals surface area (Å²) in [5.41, 5.74) is 0. The largest absolute Gasteiger partial charge is 0.481 e. The zero-order chi connectivity index (χ0) is 15.2. The maximum atomic E-state index is 12.3. The van der Waals surface area contributed by atoms with Crippen molar-refractivity contribution in [2.75, 3.05) is 6.54 Å². The van der Waals surface area contributed by atoms with Gasteiger partial charge < -0.3 is 15.3 Å². The van der Waals surface area contributed by atoms with E-state index in [0.717, 1.165) is 29.1 Å². The summed E-state index contributed by atoms with van der Waals surface area (Å²) in [6.45, 7) is 3.11. The molecule has 2 heterocycles. The number of hydrogen-bond acceptors (Lipinski definition) is 4. The predicted molar refractivity (Wildman–Crippen MR) is 80.3 cm³/mol. The molecule has 1 saturated heterocycles. The highest BCUT2D eigenvalue weighted by Gasteiger charge is 2.26. The van der Waals surface area contributed by atoms with Crippen LogP contribution < -0.4 is 5.32 Å². The molecule has 0 aliphatic carbocycles. The summed E-state index contributed by atoms with van der Waals surface area (Å²) in [4.78, 5) is 30.1. The van der Waals surface area contributed by atoms with Crippen LogP contribution in [0.25, 0.3) is 0 Å². The number of likely N-dealkylation sites (tertiary alicyclic amines) is 1. The van der Waals surface area contributed by atoms with Gasteiger partial charge in [-0.25, -0.2) is 9.78 Å². The van der Waals surface area contributed by atoms with Crippen LogP contribution in [0.15, 0.2) is 6.20 Å². The van der Waals surface area contributed by atoms with E-state index in [9.17, 15) is 9.59 Å². The van der Waals surface area contributed by atoms with Gasteiger partial charge in [0.2, 0.25) is 0 Å². The fourth-order valence-corrected chi connectivity index (χ4v) is 3.32. The number of thiazole rings is 1. The van der Waals surface area contributed by atoms with Gasteiger partial charge in [-0.3, -0.25) is 4.79 Å². The van der Waals surface area contributed by atoms with E-state index in [2.05, 4.69) is 10.3 Å². The van der Waals surface area contributed by atoms with Gasteiger partial charge in [0.05, 0.1) is 6.54 Å². The van der Waals surface area contributed by atoms with Crippen molar-refractivity contribution in [3.8, 4) is 0 Å². The van der Waals surface area contributed by atoms with E-state index in [1.165, 1.54) is 0 Å². The summed E-state index contributed by atoms with van der Waals surface area (Å²) in [6, 6.07) is -0.0779. The number of piperidine rings is 1. The topological polar surface area (TPSA) is 82.5 Å². The Kier molecular flexibility index (Phi) is 5.55. The molecule has 1 aliphatic rings. The van der Waals surface area contributed by atoms with Crippen LogP contribution in [0.1, 0.15) is 42.0 Å². The van der Waals surface area contributed by atoms with Crippen molar-refractivity contribution >= 4 is 23.3 Å². The molecule has 2 amide bonds. The Morgan fingerprint density at radius 1 is 1.52 bits per heavy atom. The van der Waals surface area contributed by atoms with E-state index >= 15 is 0 Å². The van der Waals surface area contributed by atoms with Gasteiger partial charge in [-0.15, -0.1) is 11.3 Å². The van der Waals surface area contributed by atoms with Gasteiger partial charge in [-0.2, -0.15) is 0 Å². The van der Waals surface area contributed by atoms with Crippen molar-refractivity contribution < 1.29 is 14.7 Å². The molecule has 0 aromatic carbocycles. The maximum absolute atomic E-state index is 12.3. The second-order valence-corrected chi connectivity index (χ2v) is 6.62. The third-order valence-electron chi connectivity index (χ3n) is 3.64. The van der Waals surface area contributed by atoms with E-state index < -0.39 is 5.97 Å². The lowest BCUT2D eigenvalue weighted by atomic mass is 9.98. The number of carboxylic acid groups (broad SMARTS) is 1. The molecule has 0 saturated carbocycles. The van der Waals surface area contributed by atoms with Crippen molar-refractivity contribution in [2.45, 2.75) is 51.6 Å². The van der Waals surface area contributed by atoms with Crippen LogP contribution in [0.4, 0.5) is 4.79 Å².